The van der Waals surface area contributed by atoms with Crippen LogP contribution in [0.5, 0.6) is 11.5 Å². The van der Waals surface area contributed by atoms with Crippen molar-refractivity contribution in [2.75, 3.05) is 13.6 Å². The van der Waals surface area contributed by atoms with Crippen molar-refractivity contribution in [1.29, 1.82) is 0 Å². The molecule has 100 valence electrons. The average Bonchev–Trinajstić information content (AvgIpc) is 3.12. The van der Waals surface area contributed by atoms with Gasteiger partial charge in [0.25, 0.3) is 0 Å². The minimum Gasteiger partial charge on any atom is -0.508 e. The second-order valence-corrected chi connectivity index (χ2v) is 5.26. The summed E-state index contributed by atoms with van der Waals surface area (Å²) in [6.45, 7) is 2.72. The van der Waals surface area contributed by atoms with E-state index in [1.165, 1.54) is 18.9 Å². The molecule has 1 aromatic rings. The van der Waals surface area contributed by atoms with Crippen LogP contribution in [-0.4, -0.2) is 34.7 Å². The summed E-state index contributed by atoms with van der Waals surface area (Å²) in [5, 5.41) is 19.1. The molecule has 0 saturated heterocycles. The Bertz CT molecular complexity index is 398. The number of hydrogen-bond donors (Lipinski definition) is 3. The van der Waals surface area contributed by atoms with Gasteiger partial charge in [-0.2, -0.15) is 0 Å². The number of nitrogens with two attached hydrogens (primary N) is 1. The molecule has 1 saturated carbocycles. The van der Waals surface area contributed by atoms with Gasteiger partial charge in [-0.15, -0.1) is 0 Å². The predicted octanol–water partition coefficient (Wildman–Crippen LogP) is 1.83. The molecule has 4 N–H and O–H groups in total. The van der Waals surface area contributed by atoms with Crippen molar-refractivity contribution in [3.63, 3.8) is 0 Å². The van der Waals surface area contributed by atoms with E-state index < -0.39 is 0 Å². The van der Waals surface area contributed by atoms with Crippen molar-refractivity contribution in [1.82, 2.24) is 4.90 Å². The third-order valence-corrected chi connectivity index (χ3v) is 3.95. The molecule has 1 aliphatic rings. The minimum absolute atomic E-state index is 0.0981. The van der Waals surface area contributed by atoms with Crippen LogP contribution in [0.25, 0.3) is 0 Å². The number of phenols is 2. The summed E-state index contributed by atoms with van der Waals surface area (Å²) >= 11 is 0. The van der Waals surface area contributed by atoms with Crippen LogP contribution in [0.3, 0.4) is 0 Å². The van der Waals surface area contributed by atoms with E-state index in [2.05, 4.69) is 18.9 Å². The predicted molar refractivity (Wildman–Crippen MR) is 71.5 cm³/mol. The monoisotopic (exact) mass is 250 g/mol. The molecular weight excluding hydrogens is 228 g/mol. The number of rotatable bonds is 5. The molecular formula is C14H22N2O2. The van der Waals surface area contributed by atoms with E-state index in [0.717, 1.165) is 5.56 Å². The van der Waals surface area contributed by atoms with Gasteiger partial charge in [0, 0.05) is 24.7 Å². The highest BCUT2D eigenvalue weighted by Gasteiger charge is 2.34. The third kappa shape index (κ3) is 2.76. The van der Waals surface area contributed by atoms with Gasteiger partial charge in [-0.3, -0.25) is 4.90 Å². The molecule has 18 heavy (non-hydrogen) atoms. The molecule has 0 bridgehead atoms. The first-order chi connectivity index (χ1) is 8.52. The number of benzene rings is 1. The summed E-state index contributed by atoms with van der Waals surface area (Å²) in [7, 11) is 2.06. The zero-order chi connectivity index (χ0) is 13.3. The molecule has 0 radical (unpaired) electrons. The lowest BCUT2D eigenvalue weighted by Gasteiger charge is -2.33. The largest absolute Gasteiger partial charge is 0.508 e. The van der Waals surface area contributed by atoms with E-state index in [9.17, 15) is 10.2 Å². The Kier molecular flexibility index (Phi) is 3.78. The standard InChI is InChI=1S/C14H22N2O2/c1-9(11-5-12(17)7-13(18)6-11)16(2)14(8-15)10-3-4-10/h5-7,9-10,14,17-18H,3-4,8,15H2,1-2H3. The lowest BCUT2D eigenvalue weighted by atomic mass is 10.0. The van der Waals surface area contributed by atoms with Gasteiger partial charge < -0.3 is 15.9 Å². The van der Waals surface area contributed by atoms with E-state index in [4.69, 9.17) is 5.73 Å². The van der Waals surface area contributed by atoms with Gasteiger partial charge in [0.1, 0.15) is 11.5 Å². The van der Waals surface area contributed by atoms with E-state index in [1.54, 1.807) is 12.1 Å². The second kappa shape index (κ2) is 5.16. The summed E-state index contributed by atoms with van der Waals surface area (Å²) in [4.78, 5) is 2.24. The fraction of sp³-hybridized carbons (Fsp3) is 0.571. The Hall–Kier alpha value is -1.26. The van der Waals surface area contributed by atoms with Crippen molar-refractivity contribution < 1.29 is 10.2 Å². The Morgan fingerprint density at radius 3 is 2.28 bits per heavy atom. The number of likely N-dealkylation sites (N-methyl/N-ethyl adjacent to an activating group) is 1. The van der Waals surface area contributed by atoms with Crippen molar-refractivity contribution in [2.45, 2.75) is 31.8 Å². The summed E-state index contributed by atoms with van der Waals surface area (Å²) in [5.74, 6) is 0.898. The van der Waals surface area contributed by atoms with E-state index >= 15 is 0 Å². The SMILES string of the molecule is CC(c1cc(O)cc(O)c1)N(C)C(CN)C1CC1. The lowest BCUT2D eigenvalue weighted by Crippen LogP contribution is -2.41. The Morgan fingerprint density at radius 2 is 1.83 bits per heavy atom. The van der Waals surface area contributed by atoms with Crippen LogP contribution in [0.15, 0.2) is 18.2 Å². The first-order valence-electron chi connectivity index (χ1n) is 6.48. The summed E-state index contributed by atoms with van der Waals surface area (Å²) < 4.78 is 0. The van der Waals surface area contributed by atoms with Crippen LogP contribution in [0, 0.1) is 5.92 Å². The van der Waals surface area contributed by atoms with Gasteiger partial charge in [0.05, 0.1) is 0 Å². The zero-order valence-corrected chi connectivity index (χ0v) is 11.0. The first kappa shape index (κ1) is 13.2. The second-order valence-electron chi connectivity index (χ2n) is 5.26. The topological polar surface area (TPSA) is 69.7 Å². The third-order valence-electron chi connectivity index (χ3n) is 3.95. The normalized spacial score (nSPS) is 18.9. The number of phenolic OH excluding ortho intramolecular Hbond substituents is 2. The molecule has 2 unspecified atom stereocenters. The minimum atomic E-state index is 0.0981. The number of hydrogen-bond acceptors (Lipinski definition) is 4. The van der Waals surface area contributed by atoms with Gasteiger partial charge in [-0.25, -0.2) is 0 Å². The Labute approximate surface area is 108 Å². The lowest BCUT2D eigenvalue weighted by molar-refractivity contribution is 0.170. The molecule has 0 heterocycles. The van der Waals surface area contributed by atoms with Crippen LogP contribution >= 0.6 is 0 Å². The molecule has 0 aliphatic heterocycles. The van der Waals surface area contributed by atoms with Crippen LogP contribution in [-0.2, 0) is 0 Å². The molecule has 1 fully saturated rings. The average molecular weight is 250 g/mol. The molecule has 1 aromatic carbocycles. The molecule has 4 nitrogen and oxygen atoms in total. The molecule has 0 spiro atoms. The van der Waals surface area contributed by atoms with Crippen LogP contribution in [0.1, 0.15) is 31.4 Å². The van der Waals surface area contributed by atoms with Crippen molar-refractivity contribution in [3.8, 4) is 11.5 Å². The molecule has 2 rings (SSSR count). The highest BCUT2D eigenvalue weighted by molar-refractivity contribution is 5.38. The van der Waals surface area contributed by atoms with E-state index in [0.29, 0.717) is 18.5 Å². The molecule has 1 aliphatic carbocycles. The fourth-order valence-electron chi connectivity index (χ4n) is 2.55. The number of nitrogens with zero attached hydrogens (tertiary/aromatic N) is 1. The van der Waals surface area contributed by atoms with Crippen LogP contribution < -0.4 is 5.73 Å². The highest BCUT2D eigenvalue weighted by Crippen LogP contribution is 2.37. The number of aromatic hydroxyl groups is 2. The summed E-state index contributed by atoms with van der Waals surface area (Å²) in [6.07, 6.45) is 2.51. The molecule has 0 aromatic heterocycles. The molecule has 4 heteroatoms. The zero-order valence-electron chi connectivity index (χ0n) is 11.0. The maximum Gasteiger partial charge on any atom is 0.119 e. The smallest absolute Gasteiger partial charge is 0.119 e. The summed E-state index contributed by atoms with van der Waals surface area (Å²) in [6, 6.07) is 5.24. The quantitative estimate of drug-likeness (QED) is 0.745. The van der Waals surface area contributed by atoms with Crippen LogP contribution in [0.2, 0.25) is 0 Å². The fourth-order valence-corrected chi connectivity index (χ4v) is 2.55. The molecule has 2 atom stereocenters. The Morgan fingerprint density at radius 1 is 1.28 bits per heavy atom. The van der Waals surface area contributed by atoms with Gasteiger partial charge in [0.15, 0.2) is 0 Å². The maximum atomic E-state index is 9.54. The van der Waals surface area contributed by atoms with Gasteiger partial charge in [0.2, 0.25) is 0 Å². The van der Waals surface area contributed by atoms with Crippen LogP contribution in [0.4, 0.5) is 0 Å². The molecule has 0 amide bonds. The van der Waals surface area contributed by atoms with Gasteiger partial charge in [-0.1, -0.05) is 0 Å². The van der Waals surface area contributed by atoms with Gasteiger partial charge in [-0.05, 0) is 50.4 Å². The van der Waals surface area contributed by atoms with E-state index in [-0.39, 0.29) is 17.5 Å². The summed E-state index contributed by atoms with van der Waals surface area (Å²) in [5.41, 5.74) is 6.76. The van der Waals surface area contributed by atoms with Crippen molar-refractivity contribution in [3.05, 3.63) is 23.8 Å². The first-order valence-corrected chi connectivity index (χ1v) is 6.48. The van der Waals surface area contributed by atoms with E-state index in [1.807, 2.05) is 0 Å². The Balaban J connectivity index is 2.15. The van der Waals surface area contributed by atoms with Crippen molar-refractivity contribution in [2.24, 2.45) is 11.7 Å². The maximum absolute atomic E-state index is 9.54. The van der Waals surface area contributed by atoms with Crippen molar-refractivity contribution >= 4 is 0 Å². The van der Waals surface area contributed by atoms with Gasteiger partial charge >= 0.3 is 0 Å². The highest BCUT2D eigenvalue weighted by atomic mass is 16.3.